The zero-order chi connectivity index (χ0) is 63.5. The molecule has 0 radical (unpaired) electrons. The van der Waals surface area contributed by atoms with Crippen molar-refractivity contribution in [2.45, 2.75) is 69.2 Å². The minimum Gasteiger partial charge on any atom is -0.289 e. The van der Waals surface area contributed by atoms with Crippen LogP contribution in [0.15, 0.2) is 150 Å². The summed E-state index contributed by atoms with van der Waals surface area (Å²) >= 11 is 13.4. The van der Waals surface area contributed by atoms with Crippen LogP contribution < -0.4 is 32.6 Å². The van der Waals surface area contributed by atoms with Crippen molar-refractivity contribution >= 4 is 216 Å². The van der Waals surface area contributed by atoms with Crippen molar-refractivity contribution in [3.05, 3.63) is 236 Å². The van der Waals surface area contributed by atoms with Crippen LogP contribution in [-0.2, 0) is 0 Å². The van der Waals surface area contributed by atoms with Crippen LogP contribution in [0.3, 0.4) is 0 Å². The standard InChI is InChI=1S/C40H26O2S4.C20H14O2S2.C18H10O2S2/c1-19-5-9-23(10-6-19)27-13-15-29(43-27)31-17-25-37(41)33-22(4)36-34(21(3)35(33)39(25)45-31)38(42)26-18-32(46-40(26)36)30-16-14-28(44-30)24-11-7-20(2)8-12-24;1-7-5-11-17(21)13-10(4)16-14(9(3)15(13)19(11)23-7)18(22)12-6-8(2)24-20(12)16;1-7-3-13-15(19)9-6-12-10(5-11(9)17(13)21-7)16(20)14-4-8(2)22-18(12)14/h5-18H,1-4H3;5-6H,1-4H3;3-6H,1-2H3. The van der Waals surface area contributed by atoms with Crippen LogP contribution in [0.4, 0.5) is 0 Å². The van der Waals surface area contributed by atoms with Gasteiger partial charge >= 0.3 is 0 Å². The van der Waals surface area contributed by atoms with Crippen molar-refractivity contribution in [3.63, 3.8) is 0 Å². The summed E-state index contributed by atoms with van der Waals surface area (Å²) < 4.78 is 6.09. The van der Waals surface area contributed by atoms with Crippen LogP contribution in [0, 0.1) is 69.2 Å². The third-order valence-corrected chi connectivity index (χ3v) is 27.9. The van der Waals surface area contributed by atoms with Gasteiger partial charge < -0.3 is 0 Å². The number of hydrogen-bond donors (Lipinski definition) is 0. The van der Waals surface area contributed by atoms with Crippen molar-refractivity contribution in [3.8, 4) is 40.4 Å². The average molecular weight is 1340 g/mol. The quantitative estimate of drug-likeness (QED) is 0.174. The topological polar surface area (TPSA) is 102 Å². The average Bonchev–Trinajstić information content (AvgIpc) is 1.54. The van der Waals surface area contributed by atoms with E-state index in [1.807, 2.05) is 91.8 Å². The normalized spacial score (nSPS) is 12.3. The highest BCUT2D eigenvalue weighted by Crippen LogP contribution is 2.49. The highest BCUT2D eigenvalue weighted by molar-refractivity contribution is 7.28. The molecule has 6 nitrogen and oxygen atoms in total. The summed E-state index contributed by atoms with van der Waals surface area (Å²) in [6.07, 6.45) is 0. The number of thiophene rings is 8. The number of aryl methyl sites for hydroxylation is 10. The van der Waals surface area contributed by atoms with Crippen molar-refractivity contribution < 1.29 is 0 Å². The summed E-state index contributed by atoms with van der Waals surface area (Å²) in [5.41, 5.74) is 9.23. The van der Waals surface area contributed by atoms with Crippen LogP contribution in [0.1, 0.15) is 52.9 Å². The van der Waals surface area contributed by atoms with E-state index in [1.165, 1.54) is 32.0 Å². The minimum atomic E-state index is 0.0740. The molecule has 0 unspecified atom stereocenters. The first-order valence-corrected chi connectivity index (χ1v) is 36.6. The molecule has 0 amide bonds. The van der Waals surface area contributed by atoms with Crippen molar-refractivity contribution in [2.24, 2.45) is 0 Å². The maximum atomic E-state index is 14.1. The molecule has 8 heterocycles. The molecule has 0 aliphatic rings. The van der Waals surface area contributed by atoms with Gasteiger partial charge in [-0.25, -0.2) is 0 Å². The lowest BCUT2D eigenvalue weighted by atomic mass is 9.99. The van der Waals surface area contributed by atoms with E-state index in [0.29, 0.717) is 0 Å². The zero-order valence-electron chi connectivity index (χ0n) is 51.3. The lowest BCUT2D eigenvalue weighted by Crippen LogP contribution is -2.00. The van der Waals surface area contributed by atoms with Gasteiger partial charge in [0.1, 0.15) is 0 Å². The van der Waals surface area contributed by atoms with Gasteiger partial charge in [-0.15, -0.1) is 90.7 Å². The third kappa shape index (κ3) is 8.27. The second-order valence-electron chi connectivity index (χ2n) is 24.6. The van der Waals surface area contributed by atoms with Gasteiger partial charge in [-0.1, -0.05) is 59.7 Å². The molecule has 19 rings (SSSR count). The Balaban J connectivity index is 0.000000117. The summed E-state index contributed by atoms with van der Waals surface area (Å²) in [7, 11) is 0. The molecule has 0 saturated carbocycles. The Hall–Kier alpha value is -8.28. The predicted molar refractivity (Wildman–Crippen MR) is 406 cm³/mol. The number of rotatable bonds is 4. The first kappa shape index (κ1) is 57.6. The molecule has 446 valence electrons. The molecule has 19 aromatic rings. The fourth-order valence-corrected chi connectivity index (χ4v) is 23.4. The van der Waals surface area contributed by atoms with Crippen LogP contribution in [0.5, 0.6) is 0 Å². The molecule has 0 aliphatic heterocycles. The second-order valence-corrected chi connectivity index (χ2v) is 33.9. The third-order valence-electron chi connectivity index (χ3n) is 18.7. The van der Waals surface area contributed by atoms with Crippen LogP contribution >= 0.6 is 90.7 Å². The fourth-order valence-electron chi connectivity index (χ4n) is 14.4. The van der Waals surface area contributed by atoms with E-state index in [0.717, 1.165) is 186 Å². The molecule has 0 N–H and O–H groups in total. The van der Waals surface area contributed by atoms with Gasteiger partial charge in [-0.3, -0.25) is 28.8 Å². The molecule has 0 spiro atoms. The Morgan fingerprint density at radius 2 is 0.478 bits per heavy atom. The van der Waals surface area contributed by atoms with E-state index in [4.69, 9.17) is 0 Å². The Labute approximate surface area is 556 Å². The van der Waals surface area contributed by atoms with Gasteiger partial charge in [-0.2, -0.15) is 0 Å². The molecule has 0 atom stereocenters. The van der Waals surface area contributed by atoms with Crippen LogP contribution in [0.25, 0.3) is 166 Å². The van der Waals surface area contributed by atoms with Gasteiger partial charge in [0.25, 0.3) is 0 Å². The van der Waals surface area contributed by atoms with Crippen molar-refractivity contribution in [2.75, 3.05) is 0 Å². The maximum absolute atomic E-state index is 14.1. The van der Waals surface area contributed by atoms with E-state index < -0.39 is 0 Å². The lowest BCUT2D eigenvalue weighted by molar-refractivity contribution is 1.48. The number of fused-ring (bicyclic) bond motifs is 18. The molecule has 11 aromatic carbocycles. The van der Waals surface area contributed by atoms with E-state index in [-0.39, 0.29) is 32.6 Å². The number of hydrogen-bond acceptors (Lipinski definition) is 14. The van der Waals surface area contributed by atoms with Gasteiger partial charge in [-0.05, 0) is 175 Å². The number of benzene rings is 5. The van der Waals surface area contributed by atoms with E-state index in [1.54, 1.807) is 90.7 Å². The van der Waals surface area contributed by atoms with E-state index >= 15 is 0 Å². The van der Waals surface area contributed by atoms with Crippen LogP contribution in [0.2, 0.25) is 0 Å². The largest absolute Gasteiger partial charge is 0.289 e. The molecule has 14 heteroatoms. The van der Waals surface area contributed by atoms with E-state index in [9.17, 15) is 28.8 Å². The molecule has 0 aliphatic carbocycles. The smallest absolute Gasteiger partial charge is 0.195 e. The van der Waals surface area contributed by atoms with Crippen molar-refractivity contribution in [1.82, 2.24) is 0 Å². The monoisotopic (exact) mass is 1340 g/mol. The molecule has 0 saturated heterocycles. The molecule has 92 heavy (non-hydrogen) atoms. The molecule has 0 bridgehead atoms. The fraction of sp³-hybridized carbons (Fsp3) is 0.128. The second kappa shape index (κ2) is 20.6. The highest BCUT2D eigenvalue weighted by Gasteiger charge is 2.28. The van der Waals surface area contributed by atoms with Gasteiger partial charge in [0.15, 0.2) is 32.6 Å². The van der Waals surface area contributed by atoms with E-state index in [2.05, 4.69) is 98.8 Å². The predicted octanol–water partition coefficient (Wildman–Crippen LogP) is 21.9. The first-order chi connectivity index (χ1) is 44.2. The Kier molecular flexibility index (Phi) is 12.9. The Morgan fingerprint density at radius 1 is 0.207 bits per heavy atom. The zero-order valence-corrected chi connectivity index (χ0v) is 57.8. The van der Waals surface area contributed by atoms with Gasteiger partial charge in [0.2, 0.25) is 0 Å². The molecular weight excluding hydrogens is 1290 g/mol. The minimum absolute atomic E-state index is 0.0740. The van der Waals surface area contributed by atoms with Crippen LogP contribution in [-0.4, -0.2) is 0 Å². The SMILES string of the molecule is Cc1cc2c(=O)c3c(C)c4c(c(C)c3c2s1)c(=O)c1cc(C)sc14.Cc1cc2c(=O)c3cc4c(cc3c2s1)c(=O)c1cc(C)sc14.Cc1ccc(-c2ccc(-c3cc4c(=O)c5c(C)c6c(c(C)c5c4s3)c(=O)c3cc(-c4ccc(-c5ccc(C)cc5)s4)sc36)s2)cc1. The summed E-state index contributed by atoms with van der Waals surface area (Å²) in [6, 6.07) is 41.7. The van der Waals surface area contributed by atoms with Gasteiger partial charge in [0, 0.05) is 174 Å². The summed E-state index contributed by atoms with van der Waals surface area (Å²) in [5, 5.41) is 15.1. The summed E-state index contributed by atoms with van der Waals surface area (Å²) in [6.45, 7) is 20.3. The Bertz CT molecular complexity index is 6340. The summed E-state index contributed by atoms with van der Waals surface area (Å²) in [5.74, 6) is 0. The van der Waals surface area contributed by atoms with Crippen molar-refractivity contribution in [1.29, 1.82) is 0 Å². The lowest BCUT2D eigenvalue weighted by Gasteiger charge is -2.05. The molecule has 8 aromatic heterocycles. The maximum Gasteiger partial charge on any atom is 0.195 e. The highest BCUT2D eigenvalue weighted by atomic mass is 32.1. The van der Waals surface area contributed by atoms with Gasteiger partial charge in [0.05, 0.1) is 0 Å². The molecule has 0 fully saturated rings. The Morgan fingerprint density at radius 3 is 0.804 bits per heavy atom. The summed E-state index contributed by atoms with van der Waals surface area (Å²) in [4.78, 5) is 90.9. The first-order valence-electron chi connectivity index (χ1n) is 30.1. The molecular formula is C78H50O6S8.